The zero-order chi connectivity index (χ0) is 13.0. The Hall–Kier alpha value is -1.39. The van der Waals surface area contributed by atoms with Crippen molar-refractivity contribution in [3.63, 3.8) is 0 Å². The number of methoxy groups -OCH3 is 1. The van der Waals surface area contributed by atoms with Gasteiger partial charge in [-0.25, -0.2) is 0 Å². The number of anilines is 1. The second kappa shape index (κ2) is 5.98. The van der Waals surface area contributed by atoms with Crippen LogP contribution in [0, 0.1) is 0 Å². The van der Waals surface area contributed by atoms with Gasteiger partial charge in [-0.1, -0.05) is 18.2 Å². The number of para-hydroxylation sites is 1. The second-order valence-corrected chi connectivity index (χ2v) is 4.61. The van der Waals surface area contributed by atoms with Crippen LogP contribution in [-0.4, -0.2) is 32.2 Å². The van der Waals surface area contributed by atoms with Gasteiger partial charge in [0.25, 0.3) is 5.91 Å². The number of amides is 1. The number of hydrogen-bond donors (Lipinski definition) is 1. The molecular weight excluding hydrogens is 228 g/mol. The molecule has 0 bridgehead atoms. The average molecular weight is 248 g/mol. The summed E-state index contributed by atoms with van der Waals surface area (Å²) in [6, 6.07) is 8.14. The van der Waals surface area contributed by atoms with Crippen LogP contribution in [-0.2, 0) is 16.0 Å². The molecule has 1 aliphatic rings. The summed E-state index contributed by atoms with van der Waals surface area (Å²) < 4.78 is 4.97. The molecule has 1 aromatic rings. The topological polar surface area (TPSA) is 55.6 Å². The normalized spacial score (nSPS) is 19.2. The number of rotatable bonds is 3. The Morgan fingerprint density at radius 2 is 2.28 bits per heavy atom. The molecule has 0 fully saturated rings. The molecular formula is C14H20N2O2. The Labute approximate surface area is 108 Å². The van der Waals surface area contributed by atoms with Crippen LogP contribution in [0.1, 0.15) is 18.4 Å². The molecule has 0 radical (unpaired) electrons. The minimum absolute atomic E-state index is 0.0118. The molecule has 1 atom stereocenters. The van der Waals surface area contributed by atoms with Crippen LogP contribution < -0.4 is 10.6 Å². The third kappa shape index (κ3) is 2.54. The van der Waals surface area contributed by atoms with Crippen molar-refractivity contribution in [2.45, 2.75) is 25.3 Å². The smallest absolute Gasteiger partial charge is 0.253 e. The Balaban J connectivity index is 2.38. The molecule has 2 N–H and O–H groups in total. The van der Waals surface area contributed by atoms with Crippen molar-refractivity contribution in [3.8, 4) is 0 Å². The summed E-state index contributed by atoms with van der Waals surface area (Å²) in [4.78, 5) is 14.1. The minimum Gasteiger partial charge on any atom is -0.375 e. The monoisotopic (exact) mass is 248 g/mol. The summed E-state index contributed by atoms with van der Waals surface area (Å²) in [5, 5.41) is 0. The Morgan fingerprint density at radius 1 is 1.50 bits per heavy atom. The van der Waals surface area contributed by atoms with E-state index < -0.39 is 0 Å². The summed E-state index contributed by atoms with van der Waals surface area (Å²) in [7, 11) is 1.54. The molecule has 0 saturated heterocycles. The molecule has 18 heavy (non-hydrogen) atoms. The highest BCUT2D eigenvalue weighted by molar-refractivity contribution is 5.95. The fraction of sp³-hybridized carbons (Fsp3) is 0.500. The Morgan fingerprint density at radius 3 is 3.00 bits per heavy atom. The number of hydrogen-bond acceptors (Lipinski definition) is 3. The lowest BCUT2D eigenvalue weighted by molar-refractivity contribution is -0.122. The SMILES string of the molecule is COCC(=O)N1c2ccccc2CCCC1CN. The summed E-state index contributed by atoms with van der Waals surface area (Å²) in [5.74, 6) is -0.0118. The number of nitrogens with zero attached hydrogens (tertiary/aromatic N) is 1. The van der Waals surface area contributed by atoms with Crippen LogP contribution in [0.25, 0.3) is 0 Å². The summed E-state index contributed by atoms with van der Waals surface area (Å²) in [5.41, 5.74) is 8.03. The predicted molar refractivity (Wildman–Crippen MR) is 71.6 cm³/mol. The van der Waals surface area contributed by atoms with Crippen molar-refractivity contribution < 1.29 is 9.53 Å². The molecule has 98 valence electrons. The van der Waals surface area contributed by atoms with Crippen LogP contribution in [0.5, 0.6) is 0 Å². The first-order valence-electron chi connectivity index (χ1n) is 6.37. The van der Waals surface area contributed by atoms with Crippen LogP contribution in [0.2, 0.25) is 0 Å². The van der Waals surface area contributed by atoms with Gasteiger partial charge in [0.1, 0.15) is 6.61 Å². The number of fused-ring (bicyclic) bond motifs is 1. The molecule has 4 heteroatoms. The standard InChI is InChI=1S/C14H20N2O2/c1-18-10-14(17)16-12(9-15)7-4-6-11-5-2-3-8-13(11)16/h2-3,5,8,12H,4,6-7,9-10,15H2,1H3. The van der Waals surface area contributed by atoms with Gasteiger partial charge in [-0.15, -0.1) is 0 Å². The molecule has 1 heterocycles. The van der Waals surface area contributed by atoms with E-state index in [1.807, 2.05) is 23.1 Å². The van der Waals surface area contributed by atoms with Crippen molar-refractivity contribution in [3.05, 3.63) is 29.8 Å². The van der Waals surface area contributed by atoms with Crippen LogP contribution >= 0.6 is 0 Å². The highest BCUT2D eigenvalue weighted by Gasteiger charge is 2.27. The molecule has 1 aliphatic heterocycles. The molecule has 0 aliphatic carbocycles. The van der Waals surface area contributed by atoms with Crippen LogP contribution in [0.3, 0.4) is 0 Å². The van der Waals surface area contributed by atoms with E-state index in [4.69, 9.17) is 10.5 Å². The van der Waals surface area contributed by atoms with Crippen molar-refractivity contribution in [1.29, 1.82) is 0 Å². The summed E-state index contributed by atoms with van der Waals surface area (Å²) in [6.45, 7) is 0.592. The maximum atomic E-state index is 12.2. The van der Waals surface area contributed by atoms with Gasteiger partial charge in [0.05, 0.1) is 0 Å². The van der Waals surface area contributed by atoms with Crippen LogP contribution in [0.4, 0.5) is 5.69 Å². The van der Waals surface area contributed by atoms with Gasteiger partial charge < -0.3 is 15.4 Å². The summed E-state index contributed by atoms with van der Waals surface area (Å²) >= 11 is 0. The molecule has 1 amide bonds. The maximum absolute atomic E-state index is 12.2. The minimum atomic E-state index is -0.0118. The van der Waals surface area contributed by atoms with E-state index in [2.05, 4.69) is 6.07 Å². The Bertz CT molecular complexity index is 420. The molecule has 1 unspecified atom stereocenters. The first-order chi connectivity index (χ1) is 8.77. The van der Waals surface area contributed by atoms with Crippen molar-refractivity contribution in [2.75, 3.05) is 25.2 Å². The number of carbonyl (C=O) groups is 1. The van der Waals surface area contributed by atoms with Crippen LogP contribution in [0.15, 0.2) is 24.3 Å². The van der Waals surface area contributed by atoms with E-state index >= 15 is 0 Å². The van der Waals surface area contributed by atoms with Gasteiger partial charge in [-0.2, -0.15) is 0 Å². The fourth-order valence-electron chi connectivity index (χ4n) is 2.57. The average Bonchev–Trinajstić information content (AvgIpc) is 2.57. The van der Waals surface area contributed by atoms with Gasteiger partial charge >= 0.3 is 0 Å². The largest absolute Gasteiger partial charge is 0.375 e. The fourth-order valence-corrected chi connectivity index (χ4v) is 2.57. The van der Waals surface area contributed by atoms with Gasteiger partial charge in [0.15, 0.2) is 0 Å². The number of carbonyl (C=O) groups excluding carboxylic acids is 1. The number of benzene rings is 1. The molecule has 4 nitrogen and oxygen atoms in total. The first-order valence-corrected chi connectivity index (χ1v) is 6.37. The van der Waals surface area contributed by atoms with Gasteiger partial charge in [-0.3, -0.25) is 4.79 Å². The highest BCUT2D eigenvalue weighted by Crippen LogP contribution is 2.29. The van der Waals surface area contributed by atoms with Gasteiger partial charge in [0, 0.05) is 25.4 Å². The second-order valence-electron chi connectivity index (χ2n) is 4.61. The molecule has 0 saturated carbocycles. The summed E-state index contributed by atoms with van der Waals surface area (Å²) in [6.07, 6.45) is 3.01. The molecule has 0 aromatic heterocycles. The quantitative estimate of drug-likeness (QED) is 0.878. The lowest BCUT2D eigenvalue weighted by Crippen LogP contribution is -2.46. The van der Waals surface area contributed by atoms with E-state index in [-0.39, 0.29) is 18.6 Å². The van der Waals surface area contributed by atoms with Crippen molar-refractivity contribution in [2.24, 2.45) is 5.73 Å². The van der Waals surface area contributed by atoms with Crippen molar-refractivity contribution in [1.82, 2.24) is 0 Å². The van der Waals surface area contributed by atoms with E-state index in [1.54, 1.807) is 7.11 Å². The van der Waals surface area contributed by atoms with Crippen molar-refractivity contribution >= 4 is 11.6 Å². The maximum Gasteiger partial charge on any atom is 0.253 e. The number of ether oxygens (including phenoxy) is 1. The zero-order valence-electron chi connectivity index (χ0n) is 10.8. The molecule has 2 rings (SSSR count). The Kier molecular flexibility index (Phi) is 4.33. The van der Waals surface area contributed by atoms with E-state index in [0.717, 1.165) is 24.9 Å². The van der Waals surface area contributed by atoms with E-state index in [0.29, 0.717) is 6.54 Å². The van der Waals surface area contributed by atoms with E-state index in [9.17, 15) is 4.79 Å². The number of aryl methyl sites for hydroxylation is 1. The number of nitrogens with two attached hydrogens (primary N) is 1. The molecule has 1 aromatic carbocycles. The lowest BCUT2D eigenvalue weighted by atomic mass is 10.1. The highest BCUT2D eigenvalue weighted by atomic mass is 16.5. The van der Waals surface area contributed by atoms with E-state index in [1.165, 1.54) is 5.56 Å². The zero-order valence-corrected chi connectivity index (χ0v) is 10.8. The third-order valence-corrected chi connectivity index (χ3v) is 3.41. The predicted octanol–water partition coefficient (Wildman–Crippen LogP) is 1.33. The first kappa shape index (κ1) is 13.1. The lowest BCUT2D eigenvalue weighted by Gasteiger charge is -2.30. The third-order valence-electron chi connectivity index (χ3n) is 3.41. The van der Waals surface area contributed by atoms with Gasteiger partial charge in [0.2, 0.25) is 0 Å². The molecule has 0 spiro atoms. The van der Waals surface area contributed by atoms with Gasteiger partial charge in [-0.05, 0) is 30.9 Å².